The summed E-state index contributed by atoms with van der Waals surface area (Å²) in [5.74, 6) is -0.309. The number of hydrogen-bond acceptors (Lipinski definition) is 4. The first kappa shape index (κ1) is 14.2. The molecule has 2 aromatic rings. The van der Waals surface area contributed by atoms with Gasteiger partial charge in [0.05, 0.1) is 29.4 Å². The van der Waals surface area contributed by atoms with Crippen LogP contribution in [0.25, 0.3) is 0 Å². The van der Waals surface area contributed by atoms with Gasteiger partial charge in [-0.05, 0) is 30.3 Å². The molecule has 104 valence electrons. The Labute approximate surface area is 118 Å². The number of carbonyl (C=O) groups is 1. The summed E-state index contributed by atoms with van der Waals surface area (Å²) in [7, 11) is 0.238. The zero-order valence-electron chi connectivity index (χ0n) is 10.8. The van der Waals surface area contributed by atoms with Crippen LogP contribution in [0.4, 0.5) is 0 Å². The lowest BCUT2D eigenvalue weighted by molar-refractivity contribution is 0.0690. The third-order valence-corrected chi connectivity index (χ3v) is 3.95. The molecule has 1 atom stereocenters. The highest BCUT2D eigenvalue weighted by Crippen LogP contribution is 2.17. The summed E-state index contributed by atoms with van der Waals surface area (Å²) in [4.78, 5) is 15.4. The van der Waals surface area contributed by atoms with Gasteiger partial charge in [-0.25, -0.2) is 9.78 Å². The van der Waals surface area contributed by atoms with Crippen molar-refractivity contribution in [2.24, 2.45) is 0 Å². The molecule has 0 spiro atoms. The zero-order valence-corrected chi connectivity index (χ0v) is 11.6. The van der Waals surface area contributed by atoms with Crippen molar-refractivity contribution in [3.8, 4) is 5.75 Å². The van der Waals surface area contributed by atoms with Crippen molar-refractivity contribution in [3.63, 3.8) is 0 Å². The second kappa shape index (κ2) is 6.29. The molecule has 2 rings (SSSR count). The maximum Gasteiger partial charge on any atom is 0.354 e. The third-order valence-electron chi connectivity index (χ3n) is 2.61. The lowest BCUT2D eigenvalue weighted by Gasteiger charge is -2.05. The first-order valence-corrected chi connectivity index (χ1v) is 7.13. The summed E-state index contributed by atoms with van der Waals surface area (Å²) in [6.07, 6.45) is 0. The summed E-state index contributed by atoms with van der Waals surface area (Å²) >= 11 is 0. The van der Waals surface area contributed by atoms with Crippen LogP contribution in [-0.4, -0.2) is 27.4 Å². The fraction of sp³-hybridized carbons (Fsp3) is 0.143. The molecule has 1 N–H and O–H groups in total. The highest BCUT2D eigenvalue weighted by atomic mass is 32.2. The van der Waals surface area contributed by atoms with Gasteiger partial charge in [0.2, 0.25) is 0 Å². The summed E-state index contributed by atoms with van der Waals surface area (Å²) in [5, 5.41) is 8.87. The lowest BCUT2D eigenvalue weighted by atomic mass is 10.3. The molecule has 1 aromatic heterocycles. The molecule has 0 saturated carbocycles. The minimum absolute atomic E-state index is 0.0508. The number of ether oxygens (including phenoxy) is 1. The minimum Gasteiger partial charge on any atom is -0.497 e. The maximum absolute atomic E-state index is 12.2. The van der Waals surface area contributed by atoms with Gasteiger partial charge in [-0.15, -0.1) is 0 Å². The standard InChI is InChI=1S/C14H13NO4S/c1-19-11-5-3-6-12(8-11)20(18)9-10-4-2-7-13(15-10)14(16)17/h2-8H,9H2,1H3,(H,16,17). The van der Waals surface area contributed by atoms with E-state index in [1.54, 1.807) is 43.5 Å². The number of aromatic carboxylic acids is 1. The van der Waals surface area contributed by atoms with E-state index in [0.717, 1.165) is 0 Å². The van der Waals surface area contributed by atoms with Crippen molar-refractivity contribution < 1.29 is 18.8 Å². The van der Waals surface area contributed by atoms with Crippen molar-refractivity contribution in [3.05, 3.63) is 53.9 Å². The number of benzene rings is 1. The molecule has 0 aliphatic rings. The lowest BCUT2D eigenvalue weighted by Crippen LogP contribution is -2.05. The molecule has 6 heteroatoms. The van der Waals surface area contributed by atoms with E-state index < -0.39 is 16.8 Å². The number of nitrogens with zero attached hydrogens (tertiary/aromatic N) is 1. The minimum atomic E-state index is -1.30. The molecule has 1 heterocycles. The summed E-state index contributed by atoms with van der Waals surface area (Å²) in [6, 6.07) is 11.6. The highest BCUT2D eigenvalue weighted by molar-refractivity contribution is 7.84. The van der Waals surface area contributed by atoms with Crippen LogP contribution in [0, 0.1) is 0 Å². The average molecular weight is 291 g/mol. The van der Waals surface area contributed by atoms with Gasteiger partial charge in [0.15, 0.2) is 0 Å². The van der Waals surface area contributed by atoms with Crippen molar-refractivity contribution in [1.82, 2.24) is 4.98 Å². The van der Waals surface area contributed by atoms with Crippen molar-refractivity contribution in [1.29, 1.82) is 0 Å². The Balaban J connectivity index is 2.18. The van der Waals surface area contributed by atoms with Gasteiger partial charge < -0.3 is 9.84 Å². The highest BCUT2D eigenvalue weighted by Gasteiger charge is 2.10. The first-order valence-electron chi connectivity index (χ1n) is 5.82. The SMILES string of the molecule is COc1cccc(S(=O)Cc2cccc(C(=O)O)n2)c1. The van der Waals surface area contributed by atoms with E-state index in [2.05, 4.69) is 4.98 Å². The Bertz CT molecular complexity index is 657. The van der Waals surface area contributed by atoms with E-state index >= 15 is 0 Å². The van der Waals surface area contributed by atoms with E-state index in [9.17, 15) is 9.00 Å². The topological polar surface area (TPSA) is 76.5 Å². The number of pyridine rings is 1. The predicted molar refractivity (Wildman–Crippen MR) is 74.3 cm³/mol. The van der Waals surface area contributed by atoms with E-state index in [0.29, 0.717) is 16.3 Å². The van der Waals surface area contributed by atoms with Crippen LogP contribution in [0.15, 0.2) is 47.4 Å². The van der Waals surface area contributed by atoms with Gasteiger partial charge >= 0.3 is 5.97 Å². The molecule has 0 amide bonds. The van der Waals surface area contributed by atoms with E-state index in [1.165, 1.54) is 6.07 Å². The molecular weight excluding hydrogens is 278 g/mol. The van der Waals surface area contributed by atoms with Crippen LogP contribution >= 0.6 is 0 Å². The summed E-state index contributed by atoms with van der Waals surface area (Å²) in [5.41, 5.74) is 0.427. The van der Waals surface area contributed by atoms with Gasteiger partial charge in [-0.2, -0.15) is 0 Å². The van der Waals surface area contributed by atoms with E-state index in [1.807, 2.05) is 0 Å². The van der Waals surface area contributed by atoms with Gasteiger partial charge in [-0.1, -0.05) is 12.1 Å². The zero-order chi connectivity index (χ0) is 14.5. The van der Waals surface area contributed by atoms with Gasteiger partial charge in [-0.3, -0.25) is 4.21 Å². The van der Waals surface area contributed by atoms with Crippen LogP contribution in [-0.2, 0) is 16.6 Å². The van der Waals surface area contributed by atoms with Crippen LogP contribution in [0.1, 0.15) is 16.2 Å². The Morgan fingerprint density at radius 3 is 2.75 bits per heavy atom. The van der Waals surface area contributed by atoms with Gasteiger partial charge in [0.25, 0.3) is 0 Å². The van der Waals surface area contributed by atoms with Gasteiger partial charge in [0, 0.05) is 4.90 Å². The molecule has 0 saturated heterocycles. The Kier molecular flexibility index (Phi) is 4.47. The first-order chi connectivity index (χ1) is 9.60. The number of rotatable bonds is 5. The monoisotopic (exact) mass is 291 g/mol. The normalized spacial score (nSPS) is 11.8. The molecule has 0 aliphatic carbocycles. The fourth-order valence-corrected chi connectivity index (χ4v) is 2.71. The molecule has 0 radical (unpaired) electrons. The van der Waals surface area contributed by atoms with E-state index in [4.69, 9.17) is 9.84 Å². The molecular formula is C14H13NO4S. The van der Waals surface area contributed by atoms with E-state index in [-0.39, 0.29) is 11.4 Å². The molecule has 1 aromatic carbocycles. The number of carboxylic acids is 1. The molecule has 20 heavy (non-hydrogen) atoms. The summed E-state index contributed by atoms with van der Waals surface area (Å²) < 4.78 is 17.3. The third kappa shape index (κ3) is 3.42. The van der Waals surface area contributed by atoms with Crippen molar-refractivity contribution in [2.45, 2.75) is 10.6 Å². The number of hydrogen-bond donors (Lipinski definition) is 1. The van der Waals surface area contributed by atoms with Crippen LogP contribution in [0.2, 0.25) is 0 Å². The van der Waals surface area contributed by atoms with Crippen molar-refractivity contribution in [2.75, 3.05) is 7.11 Å². The fourth-order valence-electron chi connectivity index (χ4n) is 1.64. The molecule has 1 unspecified atom stereocenters. The maximum atomic E-state index is 12.2. The Morgan fingerprint density at radius 2 is 2.05 bits per heavy atom. The average Bonchev–Trinajstić information content (AvgIpc) is 2.47. The molecule has 0 fully saturated rings. The largest absolute Gasteiger partial charge is 0.497 e. The molecule has 5 nitrogen and oxygen atoms in total. The summed E-state index contributed by atoms with van der Waals surface area (Å²) in [6.45, 7) is 0. The Morgan fingerprint density at radius 1 is 1.30 bits per heavy atom. The van der Waals surface area contributed by atoms with Crippen LogP contribution in [0.3, 0.4) is 0 Å². The second-order valence-electron chi connectivity index (χ2n) is 3.99. The number of carboxylic acid groups (broad SMARTS) is 1. The molecule has 0 bridgehead atoms. The predicted octanol–water partition coefficient (Wildman–Crippen LogP) is 2.10. The smallest absolute Gasteiger partial charge is 0.354 e. The quantitative estimate of drug-likeness (QED) is 0.913. The van der Waals surface area contributed by atoms with Crippen LogP contribution in [0.5, 0.6) is 5.75 Å². The Hall–Kier alpha value is -2.21. The van der Waals surface area contributed by atoms with Gasteiger partial charge in [0.1, 0.15) is 11.4 Å². The number of aromatic nitrogens is 1. The van der Waals surface area contributed by atoms with Crippen LogP contribution < -0.4 is 4.74 Å². The second-order valence-corrected chi connectivity index (χ2v) is 5.44. The molecule has 0 aliphatic heterocycles. The number of methoxy groups -OCH3 is 1. The van der Waals surface area contributed by atoms with Crippen molar-refractivity contribution >= 4 is 16.8 Å².